The quantitative estimate of drug-likeness (QED) is 0.889. The van der Waals surface area contributed by atoms with Crippen molar-refractivity contribution in [2.75, 3.05) is 5.32 Å². The number of hydrogen-bond acceptors (Lipinski definition) is 3. The molecule has 8 heteroatoms. The summed E-state index contributed by atoms with van der Waals surface area (Å²) in [5, 5.41) is 8.60. The van der Waals surface area contributed by atoms with E-state index in [1.807, 2.05) is 0 Å². The van der Waals surface area contributed by atoms with Gasteiger partial charge in [-0.2, -0.15) is 0 Å². The lowest BCUT2D eigenvalue weighted by Crippen LogP contribution is -2.12. The van der Waals surface area contributed by atoms with Crippen LogP contribution in [0.2, 0.25) is 10.0 Å². The highest BCUT2D eigenvalue weighted by Crippen LogP contribution is 2.26. The van der Waals surface area contributed by atoms with Gasteiger partial charge in [0, 0.05) is 11.6 Å². The number of rotatable bonds is 4. The molecule has 2 rings (SSSR count). The molecule has 0 unspecified atom stereocenters. The van der Waals surface area contributed by atoms with Crippen LogP contribution in [0.3, 0.4) is 0 Å². The van der Waals surface area contributed by atoms with Crippen LogP contribution in [0, 0.1) is 5.82 Å². The summed E-state index contributed by atoms with van der Waals surface area (Å²) in [6.45, 7) is 0.257. The van der Waals surface area contributed by atoms with E-state index in [2.05, 4.69) is 5.32 Å². The minimum Gasteiger partial charge on any atom is -0.380 e. The lowest BCUT2D eigenvalue weighted by atomic mass is 10.2. The molecule has 0 fully saturated rings. The van der Waals surface area contributed by atoms with Crippen LogP contribution in [0.5, 0.6) is 0 Å². The highest BCUT2D eigenvalue weighted by molar-refractivity contribution is 7.89. The predicted octanol–water partition coefficient (Wildman–Crippen LogP) is 3.39. The molecule has 0 radical (unpaired) electrons. The highest BCUT2D eigenvalue weighted by atomic mass is 35.5. The summed E-state index contributed by atoms with van der Waals surface area (Å²) in [5.41, 5.74) is 1.04. The van der Waals surface area contributed by atoms with E-state index >= 15 is 0 Å². The second-order valence-corrected chi connectivity index (χ2v) is 6.65. The molecule has 0 aromatic heterocycles. The van der Waals surface area contributed by atoms with Crippen LogP contribution in [-0.4, -0.2) is 8.42 Å². The number of nitrogens with one attached hydrogen (secondary N) is 1. The Morgan fingerprint density at radius 3 is 2.43 bits per heavy atom. The van der Waals surface area contributed by atoms with Crippen molar-refractivity contribution in [1.82, 2.24) is 0 Å². The van der Waals surface area contributed by atoms with E-state index in [0.717, 1.165) is 0 Å². The van der Waals surface area contributed by atoms with Crippen molar-refractivity contribution in [2.45, 2.75) is 11.4 Å². The highest BCUT2D eigenvalue weighted by Gasteiger charge is 2.11. The van der Waals surface area contributed by atoms with Gasteiger partial charge in [-0.1, -0.05) is 29.3 Å². The Hall–Kier alpha value is -1.34. The lowest BCUT2D eigenvalue weighted by molar-refractivity contribution is 0.598. The monoisotopic (exact) mass is 348 g/mol. The molecule has 2 aromatic rings. The average molecular weight is 349 g/mol. The fourth-order valence-corrected chi connectivity index (χ4v) is 2.63. The van der Waals surface area contributed by atoms with Crippen molar-refractivity contribution in [3.63, 3.8) is 0 Å². The van der Waals surface area contributed by atoms with Crippen LogP contribution in [0.15, 0.2) is 41.3 Å². The molecule has 0 heterocycles. The number of sulfonamides is 1. The van der Waals surface area contributed by atoms with E-state index in [4.69, 9.17) is 28.3 Å². The first-order valence-corrected chi connectivity index (χ1v) is 8.08. The van der Waals surface area contributed by atoms with Crippen LogP contribution in [0.1, 0.15) is 5.56 Å². The van der Waals surface area contributed by atoms with Crippen LogP contribution < -0.4 is 10.5 Å². The SMILES string of the molecule is NS(=O)(=O)c1ccc(Cl)c(NCc2ccc(F)cc2Cl)c1. The number of benzene rings is 2. The first-order valence-electron chi connectivity index (χ1n) is 5.77. The topological polar surface area (TPSA) is 72.2 Å². The zero-order valence-corrected chi connectivity index (χ0v) is 12.9. The molecule has 4 nitrogen and oxygen atoms in total. The minimum absolute atomic E-state index is 0.0559. The van der Waals surface area contributed by atoms with E-state index < -0.39 is 15.8 Å². The predicted molar refractivity (Wildman–Crippen MR) is 81.6 cm³/mol. The van der Waals surface area contributed by atoms with E-state index in [1.165, 1.54) is 36.4 Å². The first-order chi connectivity index (χ1) is 9.77. The maximum Gasteiger partial charge on any atom is 0.238 e. The molecule has 0 amide bonds. The van der Waals surface area contributed by atoms with Crippen molar-refractivity contribution < 1.29 is 12.8 Å². The molecule has 112 valence electrons. The molecule has 0 saturated heterocycles. The Morgan fingerprint density at radius 2 is 1.81 bits per heavy atom. The van der Waals surface area contributed by atoms with Crippen molar-refractivity contribution in [1.29, 1.82) is 0 Å². The second kappa shape index (κ2) is 6.19. The molecule has 21 heavy (non-hydrogen) atoms. The Kier molecular flexibility index (Phi) is 4.73. The fraction of sp³-hybridized carbons (Fsp3) is 0.0769. The van der Waals surface area contributed by atoms with E-state index in [-0.39, 0.29) is 16.5 Å². The number of nitrogens with two attached hydrogens (primary N) is 1. The molecule has 0 aliphatic rings. The van der Waals surface area contributed by atoms with Gasteiger partial charge in [-0.3, -0.25) is 0 Å². The van der Waals surface area contributed by atoms with Gasteiger partial charge in [0.1, 0.15) is 5.82 Å². The Labute approximate surface area is 131 Å². The largest absolute Gasteiger partial charge is 0.380 e. The summed E-state index contributed by atoms with van der Waals surface area (Å²) in [7, 11) is -3.81. The molecule has 2 aromatic carbocycles. The van der Waals surface area contributed by atoms with E-state index in [0.29, 0.717) is 16.3 Å². The maximum absolute atomic E-state index is 13.0. The smallest absolute Gasteiger partial charge is 0.238 e. The van der Waals surface area contributed by atoms with Crippen molar-refractivity contribution in [2.24, 2.45) is 5.14 Å². The minimum atomic E-state index is -3.81. The molecule has 0 spiro atoms. The van der Waals surface area contributed by atoms with E-state index in [9.17, 15) is 12.8 Å². The van der Waals surface area contributed by atoms with Gasteiger partial charge in [0.25, 0.3) is 0 Å². The summed E-state index contributed by atoms with van der Waals surface area (Å²) in [6, 6.07) is 8.08. The molecule has 0 bridgehead atoms. The number of hydrogen-bond donors (Lipinski definition) is 2. The van der Waals surface area contributed by atoms with Crippen LogP contribution in [-0.2, 0) is 16.6 Å². The standard InChI is InChI=1S/C13H11Cl2FN2O2S/c14-11-4-3-10(21(17,19)20)6-13(11)18-7-8-1-2-9(16)5-12(8)15/h1-6,18H,7H2,(H2,17,19,20). The van der Waals surface area contributed by atoms with Gasteiger partial charge in [-0.25, -0.2) is 17.9 Å². The first kappa shape index (κ1) is 16.0. The average Bonchev–Trinajstić information content (AvgIpc) is 2.38. The normalized spacial score (nSPS) is 11.4. The van der Waals surface area contributed by atoms with Gasteiger partial charge >= 0.3 is 0 Å². The molecule has 0 atom stereocenters. The van der Waals surface area contributed by atoms with Gasteiger partial charge in [0.2, 0.25) is 10.0 Å². The summed E-state index contributed by atoms with van der Waals surface area (Å²) >= 11 is 11.9. The third kappa shape index (κ3) is 4.07. The third-order valence-electron chi connectivity index (χ3n) is 2.75. The number of halogens is 3. The van der Waals surface area contributed by atoms with Gasteiger partial charge in [-0.15, -0.1) is 0 Å². The van der Waals surface area contributed by atoms with Gasteiger partial charge < -0.3 is 5.32 Å². The maximum atomic E-state index is 13.0. The van der Waals surface area contributed by atoms with Crippen molar-refractivity contribution in [3.8, 4) is 0 Å². The third-order valence-corrected chi connectivity index (χ3v) is 4.34. The molecule has 0 saturated carbocycles. The summed E-state index contributed by atoms with van der Waals surface area (Å²) in [6.07, 6.45) is 0. The summed E-state index contributed by atoms with van der Waals surface area (Å²) in [5.74, 6) is -0.432. The van der Waals surface area contributed by atoms with Crippen LogP contribution in [0.4, 0.5) is 10.1 Å². The zero-order chi connectivity index (χ0) is 15.6. The molecular formula is C13H11Cl2FN2O2S. The van der Waals surface area contributed by atoms with Gasteiger partial charge in [0.05, 0.1) is 15.6 Å². The van der Waals surface area contributed by atoms with Gasteiger partial charge in [-0.05, 0) is 35.9 Å². The molecule has 0 aliphatic heterocycles. The number of anilines is 1. The molecule has 3 N–H and O–H groups in total. The summed E-state index contributed by atoms with van der Waals surface area (Å²) < 4.78 is 35.6. The molecular weight excluding hydrogens is 338 g/mol. The molecule has 0 aliphatic carbocycles. The Balaban J connectivity index is 2.23. The number of primary sulfonamides is 1. The van der Waals surface area contributed by atoms with Gasteiger partial charge in [0.15, 0.2) is 0 Å². The van der Waals surface area contributed by atoms with Crippen molar-refractivity contribution >= 4 is 38.9 Å². The van der Waals surface area contributed by atoms with E-state index in [1.54, 1.807) is 0 Å². The second-order valence-electron chi connectivity index (χ2n) is 4.28. The summed E-state index contributed by atoms with van der Waals surface area (Å²) in [4.78, 5) is -0.0559. The Morgan fingerprint density at radius 1 is 1.10 bits per heavy atom. The van der Waals surface area contributed by atoms with Crippen molar-refractivity contribution in [3.05, 3.63) is 57.8 Å². The van der Waals surface area contributed by atoms with Crippen LogP contribution >= 0.6 is 23.2 Å². The zero-order valence-electron chi connectivity index (χ0n) is 10.6. The fourth-order valence-electron chi connectivity index (χ4n) is 1.67. The Bertz CT molecular complexity index is 782. The van der Waals surface area contributed by atoms with Crippen LogP contribution in [0.25, 0.3) is 0 Å². The lowest BCUT2D eigenvalue weighted by Gasteiger charge is -2.11.